The largest absolute Gasteiger partial charge is 0.384 e. The van der Waals surface area contributed by atoms with Crippen LogP contribution in [0, 0.1) is 0 Å². The molecule has 1 aromatic carbocycles. The minimum Gasteiger partial charge on any atom is -0.384 e. The maximum atomic E-state index is 5.89. The first-order valence-corrected chi connectivity index (χ1v) is 9.51. The Morgan fingerprint density at radius 2 is 1.96 bits per heavy atom. The lowest BCUT2D eigenvalue weighted by Gasteiger charge is -2.06. The minimum atomic E-state index is 0.456. The van der Waals surface area contributed by atoms with Gasteiger partial charge in [0.2, 0.25) is 0 Å². The summed E-state index contributed by atoms with van der Waals surface area (Å²) in [7, 11) is 0. The number of rotatable bonds is 7. The lowest BCUT2D eigenvalue weighted by atomic mass is 10.1. The molecule has 4 N–H and O–H groups in total. The van der Waals surface area contributed by atoms with Gasteiger partial charge in [0.1, 0.15) is 11.3 Å². The van der Waals surface area contributed by atoms with E-state index in [1.54, 1.807) is 0 Å². The number of H-pyrrole nitrogens is 1. The molecule has 5 rings (SSSR count). The molecule has 8 heteroatoms. The molecule has 3 aromatic heterocycles. The van der Waals surface area contributed by atoms with Crippen LogP contribution in [-0.4, -0.2) is 36.2 Å². The van der Waals surface area contributed by atoms with Gasteiger partial charge in [-0.25, -0.2) is 10.1 Å². The number of nitrogens with two attached hydrogens (primary N) is 1. The van der Waals surface area contributed by atoms with Gasteiger partial charge in [-0.05, 0) is 41.2 Å². The fraction of sp³-hybridized carbons (Fsp3) is 0.300. The summed E-state index contributed by atoms with van der Waals surface area (Å²) in [6.07, 6.45) is 7.26. The number of pyridine rings is 1. The van der Waals surface area contributed by atoms with Gasteiger partial charge < -0.3 is 11.1 Å². The third-order valence-corrected chi connectivity index (χ3v) is 5.02. The summed E-state index contributed by atoms with van der Waals surface area (Å²) in [5.74, 6) is 0.456. The van der Waals surface area contributed by atoms with Crippen LogP contribution in [0.3, 0.4) is 0 Å². The second-order valence-corrected chi connectivity index (χ2v) is 7.41. The van der Waals surface area contributed by atoms with Gasteiger partial charge in [0.25, 0.3) is 0 Å². The molecule has 28 heavy (non-hydrogen) atoms. The van der Waals surface area contributed by atoms with Crippen molar-refractivity contribution >= 4 is 17.0 Å². The number of nitrogens with zero attached hydrogens (tertiary/aromatic N) is 5. The van der Waals surface area contributed by atoms with Crippen LogP contribution >= 0.6 is 0 Å². The van der Waals surface area contributed by atoms with E-state index in [0.29, 0.717) is 17.9 Å². The number of fused-ring (bicyclic) bond motifs is 1. The number of anilines is 1. The molecule has 1 aliphatic carbocycles. The summed E-state index contributed by atoms with van der Waals surface area (Å²) >= 11 is 0. The van der Waals surface area contributed by atoms with Gasteiger partial charge in [-0.3, -0.25) is 4.68 Å². The smallest absolute Gasteiger partial charge is 0.178 e. The summed E-state index contributed by atoms with van der Waals surface area (Å²) in [5.41, 5.74) is 11.9. The standard InChI is InChI=1S/C20H22N8/c21-18-8-16(19-20(24-18)26-27-25-19)7-15-10-23-28(12-15)11-14-3-1-13(2-4-14)9-22-17-5-6-17/h1-4,8,10,12,17,22H,5-7,9,11H2,(H3,21,24,25,26,27). The van der Waals surface area contributed by atoms with Gasteiger partial charge >= 0.3 is 0 Å². The molecule has 0 bridgehead atoms. The number of benzene rings is 1. The second kappa shape index (κ2) is 7.05. The Labute approximate surface area is 162 Å². The van der Waals surface area contributed by atoms with E-state index < -0.39 is 0 Å². The summed E-state index contributed by atoms with van der Waals surface area (Å²) in [6, 6.07) is 11.3. The number of nitrogens with one attached hydrogen (secondary N) is 2. The predicted molar refractivity (Wildman–Crippen MR) is 107 cm³/mol. The third-order valence-electron chi connectivity index (χ3n) is 5.02. The van der Waals surface area contributed by atoms with Crippen LogP contribution in [0.5, 0.6) is 0 Å². The molecule has 1 aliphatic rings. The maximum Gasteiger partial charge on any atom is 0.178 e. The van der Waals surface area contributed by atoms with E-state index in [0.717, 1.165) is 35.8 Å². The second-order valence-electron chi connectivity index (χ2n) is 7.41. The van der Waals surface area contributed by atoms with E-state index in [2.05, 4.69) is 61.3 Å². The van der Waals surface area contributed by atoms with E-state index in [-0.39, 0.29) is 0 Å². The Morgan fingerprint density at radius 1 is 1.14 bits per heavy atom. The lowest BCUT2D eigenvalue weighted by Crippen LogP contribution is -2.15. The quantitative estimate of drug-likeness (QED) is 0.456. The molecule has 0 saturated heterocycles. The average molecular weight is 374 g/mol. The normalized spacial score (nSPS) is 14.0. The molecule has 4 aromatic rings. The lowest BCUT2D eigenvalue weighted by molar-refractivity contribution is 0.679. The van der Waals surface area contributed by atoms with Crippen LogP contribution < -0.4 is 11.1 Å². The number of nitrogen functional groups attached to an aromatic ring is 1. The number of aromatic amines is 1. The molecule has 0 atom stereocenters. The molecule has 8 nitrogen and oxygen atoms in total. The Balaban J connectivity index is 1.26. The van der Waals surface area contributed by atoms with Crippen molar-refractivity contribution in [3.63, 3.8) is 0 Å². The fourth-order valence-electron chi connectivity index (χ4n) is 3.36. The van der Waals surface area contributed by atoms with Gasteiger partial charge in [-0.2, -0.15) is 5.10 Å². The van der Waals surface area contributed by atoms with E-state index >= 15 is 0 Å². The molecular weight excluding hydrogens is 352 g/mol. The molecule has 0 radical (unpaired) electrons. The van der Waals surface area contributed by atoms with Crippen molar-refractivity contribution in [2.24, 2.45) is 0 Å². The van der Waals surface area contributed by atoms with Gasteiger partial charge in [0.05, 0.1) is 12.7 Å². The Morgan fingerprint density at radius 3 is 2.79 bits per heavy atom. The van der Waals surface area contributed by atoms with Crippen LogP contribution in [0.2, 0.25) is 0 Å². The van der Waals surface area contributed by atoms with Gasteiger partial charge in [-0.1, -0.05) is 29.5 Å². The van der Waals surface area contributed by atoms with Gasteiger partial charge in [0, 0.05) is 25.2 Å². The first-order valence-electron chi connectivity index (χ1n) is 9.51. The topological polar surface area (TPSA) is 110 Å². The van der Waals surface area contributed by atoms with Crippen molar-refractivity contribution in [2.75, 3.05) is 5.73 Å². The van der Waals surface area contributed by atoms with Crippen LogP contribution in [-0.2, 0) is 19.5 Å². The fourth-order valence-corrected chi connectivity index (χ4v) is 3.36. The van der Waals surface area contributed by atoms with E-state index in [9.17, 15) is 0 Å². The molecule has 1 saturated carbocycles. The molecule has 0 unspecified atom stereocenters. The van der Waals surface area contributed by atoms with Crippen molar-refractivity contribution in [1.82, 2.24) is 35.5 Å². The molecule has 0 spiro atoms. The molecule has 1 fully saturated rings. The van der Waals surface area contributed by atoms with Crippen molar-refractivity contribution in [3.8, 4) is 0 Å². The zero-order valence-electron chi connectivity index (χ0n) is 15.5. The molecular formula is C20H22N8. The van der Waals surface area contributed by atoms with E-state index in [4.69, 9.17) is 5.73 Å². The Kier molecular flexibility index (Phi) is 4.25. The van der Waals surface area contributed by atoms with Crippen LogP contribution in [0.15, 0.2) is 42.7 Å². The average Bonchev–Trinajstić information content (AvgIpc) is 3.22. The van der Waals surface area contributed by atoms with Gasteiger partial charge in [0.15, 0.2) is 5.65 Å². The zero-order chi connectivity index (χ0) is 18.9. The highest BCUT2D eigenvalue weighted by atomic mass is 15.3. The minimum absolute atomic E-state index is 0.456. The first kappa shape index (κ1) is 16.9. The first-order chi connectivity index (χ1) is 13.7. The molecule has 142 valence electrons. The number of aromatic nitrogens is 6. The van der Waals surface area contributed by atoms with Crippen molar-refractivity contribution in [2.45, 2.75) is 38.4 Å². The number of hydrogen-bond acceptors (Lipinski definition) is 6. The Bertz CT molecular complexity index is 1090. The predicted octanol–water partition coefficient (Wildman–Crippen LogP) is 2.02. The monoisotopic (exact) mass is 374 g/mol. The van der Waals surface area contributed by atoms with Crippen LogP contribution in [0.4, 0.5) is 5.82 Å². The summed E-state index contributed by atoms with van der Waals surface area (Å²) in [6.45, 7) is 1.69. The van der Waals surface area contributed by atoms with Crippen molar-refractivity contribution < 1.29 is 0 Å². The van der Waals surface area contributed by atoms with Crippen LogP contribution in [0.25, 0.3) is 11.2 Å². The molecule has 3 heterocycles. The van der Waals surface area contributed by atoms with E-state index in [1.807, 2.05) is 16.9 Å². The van der Waals surface area contributed by atoms with Crippen molar-refractivity contribution in [1.29, 1.82) is 0 Å². The van der Waals surface area contributed by atoms with Crippen molar-refractivity contribution in [3.05, 3.63) is 65.0 Å². The highest BCUT2D eigenvalue weighted by Crippen LogP contribution is 2.20. The summed E-state index contributed by atoms with van der Waals surface area (Å²) in [5, 5.41) is 18.7. The molecule has 0 amide bonds. The van der Waals surface area contributed by atoms with Gasteiger partial charge in [-0.15, -0.1) is 5.10 Å². The molecule has 0 aliphatic heterocycles. The van der Waals surface area contributed by atoms with Crippen LogP contribution in [0.1, 0.15) is 35.1 Å². The zero-order valence-corrected chi connectivity index (χ0v) is 15.5. The number of hydrogen-bond donors (Lipinski definition) is 3. The summed E-state index contributed by atoms with van der Waals surface area (Å²) < 4.78 is 1.96. The Hall–Kier alpha value is -3.26. The highest BCUT2D eigenvalue weighted by Gasteiger charge is 2.19. The highest BCUT2D eigenvalue weighted by molar-refractivity contribution is 5.76. The third kappa shape index (κ3) is 3.72. The van der Waals surface area contributed by atoms with E-state index in [1.165, 1.54) is 24.0 Å². The maximum absolute atomic E-state index is 5.89. The SMILES string of the molecule is Nc1cc(Cc2cnn(Cc3ccc(CNC4CC4)cc3)c2)c2nn[nH]c2n1. The summed E-state index contributed by atoms with van der Waals surface area (Å²) in [4.78, 5) is 4.20.